The van der Waals surface area contributed by atoms with Crippen molar-refractivity contribution in [3.8, 4) is 0 Å². The number of anilines is 1. The van der Waals surface area contributed by atoms with Gasteiger partial charge in [0.1, 0.15) is 6.61 Å². The number of aromatic carboxylic acids is 1. The van der Waals surface area contributed by atoms with E-state index >= 15 is 0 Å². The smallest absolute Gasteiger partial charge is 0.337 e. The van der Waals surface area contributed by atoms with Gasteiger partial charge in [0.15, 0.2) is 0 Å². The van der Waals surface area contributed by atoms with E-state index in [2.05, 4.69) is 10.6 Å². The summed E-state index contributed by atoms with van der Waals surface area (Å²) in [6.07, 6.45) is 0. The van der Waals surface area contributed by atoms with E-state index in [1.807, 2.05) is 6.92 Å². The molecule has 1 aromatic rings. The minimum Gasteiger partial charge on any atom is -0.478 e. The monoisotopic (exact) mass is 298 g/mol. The van der Waals surface area contributed by atoms with Crippen LogP contribution in [0.15, 0.2) is 18.2 Å². The van der Waals surface area contributed by atoms with E-state index in [1.165, 1.54) is 18.2 Å². The van der Waals surface area contributed by atoms with Crippen LogP contribution in [0.4, 0.5) is 5.69 Å². The van der Waals surface area contributed by atoms with Gasteiger partial charge in [-0.2, -0.15) is 0 Å². The third-order valence-electron chi connectivity index (χ3n) is 3.03. The van der Waals surface area contributed by atoms with Crippen molar-refractivity contribution in [1.29, 1.82) is 0 Å². The van der Waals surface area contributed by atoms with E-state index in [9.17, 15) is 9.59 Å². The first kappa shape index (κ1) is 14.8. The molecule has 108 valence electrons. The summed E-state index contributed by atoms with van der Waals surface area (Å²) in [5.41, 5.74) is 0.141. The number of hydrogen-bond acceptors (Lipinski definition) is 4. The standard InChI is InChI=1S/C13H15ClN2O4/c1-13(6-15-7-13)20-5-11(17)16-8-2-3-9(12(18)19)10(14)4-8/h2-4,15H,5-7H2,1H3,(H,16,17)(H,18,19). The van der Waals surface area contributed by atoms with Crippen LogP contribution in [-0.4, -0.2) is 42.3 Å². The molecular formula is C13H15ClN2O4. The summed E-state index contributed by atoms with van der Waals surface area (Å²) in [5, 5.41) is 14.6. The van der Waals surface area contributed by atoms with E-state index in [-0.39, 0.29) is 28.7 Å². The SMILES string of the molecule is CC1(OCC(=O)Nc2ccc(C(=O)O)c(Cl)c2)CNC1. The van der Waals surface area contributed by atoms with Crippen molar-refractivity contribution in [3.63, 3.8) is 0 Å². The molecule has 0 spiro atoms. The molecule has 1 fully saturated rings. The second kappa shape index (κ2) is 5.78. The Morgan fingerprint density at radius 2 is 2.20 bits per heavy atom. The molecular weight excluding hydrogens is 284 g/mol. The molecule has 1 aliphatic heterocycles. The number of ether oxygens (including phenoxy) is 1. The summed E-state index contributed by atoms with van der Waals surface area (Å²) in [4.78, 5) is 22.5. The number of carboxylic acids is 1. The van der Waals surface area contributed by atoms with Gasteiger partial charge in [0.2, 0.25) is 5.91 Å². The Kier molecular flexibility index (Phi) is 4.27. The Balaban J connectivity index is 1.91. The third kappa shape index (κ3) is 3.47. The Morgan fingerprint density at radius 1 is 1.50 bits per heavy atom. The Bertz CT molecular complexity index is 543. The van der Waals surface area contributed by atoms with Gasteiger partial charge in [-0.05, 0) is 25.1 Å². The highest BCUT2D eigenvalue weighted by Crippen LogP contribution is 2.21. The average Bonchev–Trinajstić information content (AvgIpc) is 2.33. The zero-order valence-electron chi connectivity index (χ0n) is 10.9. The highest BCUT2D eigenvalue weighted by Gasteiger charge is 2.33. The topological polar surface area (TPSA) is 87.7 Å². The van der Waals surface area contributed by atoms with Crippen molar-refractivity contribution in [2.24, 2.45) is 0 Å². The van der Waals surface area contributed by atoms with Crippen LogP contribution in [0, 0.1) is 0 Å². The van der Waals surface area contributed by atoms with Crippen LogP contribution < -0.4 is 10.6 Å². The van der Waals surface area contributed by atoms with Gasteiger partial charge in [-0.1, -0.05) is 11.6 Å². The maximum atomic E-state index is 11.7. The van der Waals surface area contributed by atoms with E-state index in [4.69, 9.17) is 21.4 Å². The fourth-order valence-electron chi connectivity index (χ4n) is 1.78. The molecule has 0 bridgehead atoms. The summed E-state index contributed by atoms with van der Waals surface area (Å²) in [7, 11) is 0. The van der Waals surface area contributed by atoms with Crippen LogP contribution in [0.3, 0.4) is 0 Å². The predicted octanol–water partition coefficient (Wildman–Crippen LogP) is 1.36. The number of carbonyl (C=O) groups is 2. The molecule has 1 saturated heterocycles. The Hall–Kier alpha value is -1.63. The first-order valence-corrected chi connectivity index (χ1v) is 6.45. The van der Waals surface area contributed by atoms with Crippen molar-refractivity contribution >= 4 is 29.2 Å². The zero-order chi connectivity index (χ0) is 14.8. The van der Waals surface area contributed by atoms with E-state index < -0.39 is 5.97 Å². The number of carbonyl (C=O) groups excluding carboxylic acids is 1. The van der Waals surface area contributed by atoms with Crippen molar-refractivity contribution in [2.45, 2.75) is 12.5 Å². The van der Waals surface area contributed by atoms with Gasteiger partial charge >= 0.3 is 5.97 Å². The molecule has 6 nitrogen and oxygen atoms in total. The largest absolute Gasteiger partial charge is 0.478 e. The van der Waals surface area contributed by atoms with Crippen LogP contribution in [0.1, 0.15) is 17.3 Å². The molecule has 0 aliphatic carbocycles. The van der Waals surface area contributed by atoms with Crippen LogP contribution in [-0.2, 0) is 9.53 Å². The second-order valence-corrected chi connectivity index (χ2v) is 5.30. The number of benzene rings is 1. The van der Waals surface area contributed by atoms with Gasteiger partial charge in [-0.15, -0.1) is 0 Å². The number of carboxylic acid groups (broad SMARTS) is 1. The number of nitrogens with one attached hydrogen (secondary N) is 2. The fraction of sp³-hybridized carbons (Fsp3) is 0.385. The van der Waals surface area contributed by atoms with Gasteiger partial charge in [0.25, 0.3) is 0 Å². The molecule has 3 N–H and O–H groups in total. The summed E-state index contributed by atoms with van der Waals surface area (Å²) in [6, 6.07) is 4.23. The highest BCUT2D eigenvalue weighted by molar-refractivity contribution is 6.33. The average molecular weight is 299 g/mol. The molecule has 0 atom stereocenters. The molecule has 1 heterocycles. The first-order chi connectivity index (χ1) is 9.39. The van der Waals surface area contributed by atoms with Crippen molar-refractivity contribution in [2.75, 3.05) is 25.0 Å². The van der Waals surface area contributed by atoms with E-state index in [0.29, 0.717) is 5.69 Å². The molecule has 2 rings (SSSR count). The molecule has 0 saturated carbocycles. The normalized spacial score (nSPS) is 16.3. The van der Waals surface area contributed by atoms with Crippen molar-refractivity contribution in [3.05, 3.63) is 28.8 Å². The van der Waals surface area contributed by atoms with Gasteiger partial charge < -0.3 is 20.5 Å². The lowest BCUT2D eigenvalue weighted by molar-refractivity contribution is -0.130. The summed E-state index contributed by atoms with van der Waals surface area (Å²) in [6.45, 7) is 3.31. The molecule has 0 unspecified atom stereocenters. The van der Waals surface area contributed by atoms with E-state index in [1.54, 1.807) is 0 Å². The van der Waals surface area contributed by atoms with Crippen LogP contribution in [0.25, 0.3) is 0 Å². The number of halogens is 1. The Labute approximate surface area is 121 Å². The lowest BCUT2D eigenvalue weighted by Crippen LogP contribution is -2.59. The third-order valence-corrected chi connectivity index (χ3v) is 3.35. The molecule has 1 amide bonds. The van der Waals surface area contributed by atoms with Gasteiger partial charge in [0, 0.05) is 18.8 Å². The maximum Gasteiger partial charge on any atom is 0.337 e. The van der Waals surface area contributed by atoms with Crippen molar-refractivity contribution in [1.82, 2.24) is 5.32 Å². The molecule has 20 heavy (non-hydrogen) atoms. The highest BCUT2D eigenvalue weighted by atomic mass is 35.5. The minimum absolute atomic E-state index is 0.00558. The molecule has 7 heteroatoms. The van der Waals surface area contributed by atoms with Crippen LogP contribution in [0.2, 0.25) is 5.02 Å². The zero-order valence-corrected chi connectivity index (χ0v) is 11.7. The summed E-state index contributed by atoms with van der Waals surface area (Å²) in [5.74, 6) is -1.42. The molecule has 1 aromatic carbocycles. The number of hydrogen-bond donors (Lipinski definition) is 3. The summed E-state index contributed by atoms with van der Waals surface area (Å²) < 4.78 is 5.49. The molecule has 0 radical (unpaired) electrons. The first-order valence-electron chi connectivity index (χ1n) is 6.07. The fourth-order valence-corrected chi connectivity index (χ4v) is 2.04. The van der Waals surface area contributed by atoms with Crippen LogP contribution in [0.5, 0.6) is 0 Å². The van der Waals surface area contributed by atoms with Crippen molar-refractivity contribution < 1.29 is 19.4 Å². The van der Waals surface area contributed by atoms with Gasteiger partial charge in [-0.3, -0.25) is 4.79 Å². The lowest BCUT2D eigenvalue weighted by atomic mass is 10.0. The van der Waals surface area contributed by atoms with E-state index in [0.717, 1.165) is 13.1 Å². The predicted molar refractivity (Wildman–Crippen MR) is 74.3 cm³/mol. The molecule has 0 aromatic heterocycles. The second-order valence-electron chi connectivity index (χ2n) is 4.89. The quantitative estimate of drug-likeness (QED) is 0.764. The lowest BCUT2D eigenvalue weighted by Gasteiger charge is -2.38. The van der Waals surface area contributed by atoms with Gasteiger partial charge in [-0.25, -0.2) is 4.79 Å². The minimum atomic E-state index is -1.11. The Morgan fingerprint density at radius 3 is 2.70 bits per heavy atom. The van der Waals surface area contributed by atoms with Gasteiger partial charge in [0.05, 0.1) is 16.2 Å². The van der Waals surface area contributed by atoms with Crippen LogP contribution >= 0.6 is 11.6 Å². The summed E-state index contributed by atoms with van der Waals surface area (Å²) >= 11 is 5.82. The molecule has 1 aliphatic rings. The number of rotatable bonds is 5. The maximum absolute atomic E-state index is 11.7. The number of amides is 1.